The molecule has 2 aliphatic heterocycles. The topological polar surface area (TPSA) is 92.7 Å². The van der Waals surface area contributed by atoms with Crippen LogP contribution >= 0.6 is 0 Å². The molecule has 2 atom stereocenters. The number of rotatable bonds is 20. The van der Waals surface area contributed by atoms with Gasteiger partial charge in [0.15, 0.2) is 0 Å². The van der Waals surface area contributed by atoms with E-state index in [1.165, 1.54) is 57.8 Å². The van der Waals surface area contributed by atoms with Crippen molar-refractivity contribution in [1.82, 2.24) is 9.80 Å². The Hall–Kier alpha value is -4.26. The standard InChI is InChI=1S/C47H60N4O2/c48-44(52)46(38-22-12-8-13-23-38,39-24-14-9-15-25-39)42-30-34-50(36-42)32-20-6-4-2-1-3-5-7-21-33-51-35-31-43(37-51)47(45(49)53,40-26-16-10-17-27-40)41-28-18-11-19-29-41/h8-19,22-29,42-43H,1-7,20-21,30-37H2,(H2,48,52)(H2,49,53)/t42-,43-/m1/s1. The van der Waals surface area contributed by atoms with Crippen molar-refractivity contribution >= 4 is 11.8 Å². The Morgan fingerprint density at radius 1 is 0.453 bits per heavy atom. The third-order valence-electron chi connectivity index (χ3n) is 12.4. The van der Waals surface area contributed by atoms with E-state index in [0.717, 1.165) is 74.4 Å². The fourth-order valence-electron chi connectivity index (χ4n) is 9.74. The fraction of sp³-hybridized carbons (Fsp3) is 0.447. The number of nitrogens with zero attached hydrogens (tertiary/aromatic N) is 2. The molecular formula is C47H60N4O2. The molecule has 53 heavy (non-hydrogen) atoms. The molecule has 4 aromatic rings. The molecule has 0 bridgehead atoms. The summed E-state index contributed by atoms with van der Waals surface area (Å²) in [6.07, 6.45) is 13.4. The summed E-state index contributed by atoms with van der Waals surface area (Å²) in [5.41, 5.74) is 15.0. The summed E-state index contributed by atoms with van der Waals surface area (Å²) < 4.78 is 0. The van der Waals surface area contributed by atoms with Crippen molar-refractivity contribution in [3.63, 3.8) is 0 Å². The van der Waals surface area contributed by atoms with Crippen molar-refractivity contribution < 1.29 is 9.59 Å². The van der Waals surface area contributed by atoms with Crippen LogP contribution in [0.3, 0.4) is 0 Å². The zero-order valence-corrected chi connectivity index (χ0v) is 31.6. The Balaban J connectivity index is 0.875. The predicted octanol–water partition coefficient (Wildman–Crippen LogP) is 8.08. The predicted molar refractivity (Wildman–Crippen MR) is 216 cm³/mol. The van der Waals surface area contributed by atoms with E-state index in [4.69, 9.17) is 11.5 Å². The third kappa shape index (κ3) is 8.60. The van der Waals surface area contributed by atoms with Gasteiger partial charge in [-0.1, -0.05) is 166 Å². The van der Waals surface area contributed by atoms with Gasteiger partial charge in [0.25, 0.3) is 0 Å². The van der Waals surface area contributed by atoms with Crippen LogP contribution < -0.4 is 11.5 Å². The van der Waals surface area contributed by atoms with Crippen LogP contribution in [0.1, 0.15) is 92.9 Å². The molecule has 2 saturated heterocycles. The van der Waals surface area contributed by atoms with Crippen LogP contribution in [0, 0.1) is 11.8 Å². The highest BCUT2D eigenvalue weighted by atomic mass is 16.2. The molecular weight excluding hydrogens is 653 g/mol. The fourth-order valence-corrected chi connectivity index (χ4v) is 9.74. The monoisotopic (exact) mass is 712 g/mol. The number of amides is 2. The Morgan fingerprint density at radius 2 is 0.717 bits per heavy atom. The number of benzene rings is 4. The largest absolute Gasteiger partial charge is 0.369 e. The van der Waals surface area contributed by atoms with Gasteiger partial charge in [-0.2, -0.15) is 0 Å². The van der Waals surface area contributed by atoms with Crippen molar-refractivity contribution in [1.29, 1.82) is 0 Å². The first-order valence-electron chi connectivity index (χ1n) is 20.2. The zero-order chi connectivity index (χ0) is 36.9. The third-order valence-corrected chi connectivity index (χ3v) is 12.4. The average Bonchev–Trinajstić information content (AvgIpc) is 3.87. The number of primary amides is 2. The summed E-state index contributed by atoms with van der Waals surface area (Å²) in [6.45, 7) is 6.01. The van der Waals surface area contributed by atoms with Gasteiger partial charge in [-0.25, -0.2) is 0 Å². The first-order chi connectivity index (χ1) is 26.0. The van der Waals surface area contributed by atoms with Gasteiger partial charge in [0.1, 0.15) is 10.8 Å². The molecule has 0 aliphatic carbocycles. The van der Waals surface area contributed by atoms with E-state index < -0.39 is 10.8 Å². The number of carbonyl (C=O) groups is 2. The van der Waals surface area contributed by atoms with Crippen molar-refractivity contribution in [3.05, 3.63) is 144 Å². The van der Waals surface area contributed by atoms with E-state index >= 15 is 0 Å². The molecule has 6 nitrogen and oxygen atoms in total. The highest BCUT2D eigenvalue weighted by molar-refractivity contribution is 5.92. The molecule has 6 heteroatoms. The van der Waals surface area contributed by atoms with Crippen LogP contribution in [0.4, 0.5) is 0 Å². The molecule has 2 aliphatic rings. The van der Waals surface area contributed by atoms with Gasteiger partial charge < -0.3 is 21.3 Å². The maximum absolute atomic E-state index is 13.4. The maximum Gasteiger partial charge on any atom is 0.232 e. The molecule has 0 aromatic heterocycles. The Bertz CT molecular complexity index is 1490. The molecule has 2 amide bonds. The number of hydrogen-bond acceptors (Lipinski definition) is 4. The average molecular weight is 713 g/mol. The summed E-state index contributed by atoms with van der Waals surface area (Å²) in [5.74, 6) is -0.186. The van der Waals surface area contributed by atoms with Crippen LogP contribution in [0.15, 0.2) is 121 Å². The summed E-state index contributed by atoms with van der Waals surface area (Å²) in [7, 11) is 0. The number of nitrogens with two attached hydrogens (primary N) is 2. The van der Waals surface area contributed by atoms with Crippen LogP contribution in [0.5, 0.6) is 0 Å². The normalized spacial score (nSPS) is 18.3. The highest BCUT2D eigenvalue weighted by Crippen LogP contribution is 2.45. The van der Waals surface area contributed by atoms with E-state index in [1.807, 2.05) is 72.8 Å². The van der Waals surface area contributed by atoms with Gasteiger partial charge in [-0.15, -0.1) is 0 Å². The molecule has 2 heterocycles. The van der Waals surface area contributed by atoms with Crippen molar-refractivity contribution in [2.24, 2.45) is 23.3 Å². The number of carbonyl (C=O) groups excluding carboxylic acids is 2. The van der Waals surface area contributed by atoms with Crippen LogP contribution in [-0.4, -0.2) is 60.9 Å². The number of hydrogen-bond donors (Lipinski definition) is 2. The minimum absolute atomic E-state index is 0.156. The quantitative estimate of drug-likeness (QED) is 0.0907. The van der Waals surface area contributed by atoms with Gasteiger partial charge in [0, 0.05) is 13.1 Å². The highest BCUT2D eigenvalue weighted by Gasteiger charge is 2.50. The number of likely N-dealkylation sites (tertiary alicyclic amines) is 2. The first-order valence-corrected chi connectivity index (χ1v) is 20.2. The van der Waals surface area contributed by atoms with Crippen LogP contribution in [0.2, 0.25) is 0 Å². The summed E-state index contributed by atoms with van der Waals surface area (Å²) >= 11 is 0. The zero-order valence-electron chi connectivity index (χ0n) is 31.6. The van der Waals surface area contributed by atoms with Gasteiger partial charge in [0.2, 0.25) is 11.8 Å². The SMILES string of the molecule is NC(=O)C(c1ccccc1)(c1ccccc1)[C@@H]1CCN(CCCCCCCCCCCN2CC[C@@H](C(C(N)=O)(c3ccccc3)c3ccccc3)C2)C1. The molecule has 0 saturated carbocycles. The van der Waals surface area contributed by atoms with E-state index in [0.29, 0.717) is 0 Å². The molecule has 0 radical (unpaired) electrons. The molecule has 6 rings (SSSR count). The molecule has 280 valence electrons. The summed E-state index contributed by atoms with van der Waals surface area (Å²) in [4.78, 5) is 31.8. The second kappa shape index (κ2) is 18.7. The van der Waals surface area contributed by atoms with E-state index in [-0.39, 0.29) is 23.7 Å². The molecule has 4 N–H and O–H groups in total. The van der Waals surface area contributed by atoms with Crippen LogP contribution in [0.25, 0.3) is 0 Å². The number of unbranched alkanes of at least 4 members (excludes halogenated alkanes) is 8. The van der Waals surface area contributed by atoms with Crippen molar-refractivity contribution in [3.8, 4) is 0 Å². The lowest BCUT2D eigenvalue weighted by molar-refractivity contribution is -0.124. The Labute approximate surface area is 318 Å². The second-order valence-corrected chi connectivity index (χ2v) is 15.6. The van der Waals surface area contributed by atoms with Gasteiger partial charge >= 0.3 is 0 Å². The van der Waals surface area contributed by atoms with Gasteiger partial charge in [-0.05, 0) is 86.0 Å². The molecule has 0 unspecified atom stereocenters. The van der Waals surface area contributed by atoms with E-state index in [1.54, 1.807) is 0 Å². The second-order valence-electron chi connectivity index (χ2n) is 15.6. The van der Waals surface area contributed by atoms with Crippen molar-refractivity contribution in [2.75, 3.05) is 39.3 Å². The molecule has 0 spiro atoms. The minimum Gasteiger partial charge on any atom is -0.369 e. The lowest BCUT2D eigenvalue weighted by Crippen LogP contribution is -2.49. The summed E-state index contributed by atoms with van der Waals surface area (Å²) in [5, 5.41) is 0. The maximum atomic E-state index is 13.4. The Morgan fingerprint density at radius 3 is 0.981 bits per heavy atom. The molecule has 4 aromatic carbocycles. The summed E-state index contributed by atoms with van der Waals surface area (Å²) in [6, 6.07) is 40.7. The Kier molecular flexibility index (Phi) is 13.5. The molecule has 2 fully saturated rings. The van der Waals surface area contributed by atoms with Gasteiger partial charge in [-0.3, -0.25) is 9.59 Å². The van der Waals surface area contributed by atoms with Crippen LogP contribution in [-0.2, 0) is 20.4 Å². The lowest BCUT2D eigenvalue weighted by Gasteiger charge is -2.37. The van der Waals surface area contributed by atoms with E-state index in [2.05, 4.69) is 58.3 Å². The van der Waals surface area contributed by atoms with Gasteiger partial charge in [0.05, 0.1) is 0 Å². The smallest absolute Gasteiger partial charge is 0.232 e. The lowest BCUT2D eigenvalue weighted by atomic mass is 9.64. The van der Waals surface area contributed by atoms with Crippen molar-refractivity contribution in [2.45, 2.75) is 81.5 Å². The minimum atomic E-state index is -0.810. The first kappa shape index (κ1) is 38.5. The van der Waals surface area contributed by atoms with E-state index in [9.17, 15) is 9.59 Å².